The molecule has 8 heteroatoms. The molecule has 2 aliphatic rings. The van der Waals surface area contributed by atoms with Gasteiger partial charge >= 0.3 is 0 Å². The molecular weight excluding hydrogens is 430 g/mol. The lowest BCUT2D eigenvalue weighted by molar-refractivity contribution is 0.0486. The fourth-order valence-corrected chi connectivity index (χ4v) is 4.59. The molecule has 2 aliphatic heterocycles. The molecular formula is C24H24ClN3O4. The van der Waals surface area contributed by atoms with Crippen LogP contribution in [0.15, 0.2) is 48.7 Å². The highest BCUT2D eigenvalue weighted by atomic mass is 35.5. The van der Waals surface area contributed by atoms with Gasteiger partial charge in [0.05, 0.1) is 23.1 Å². The third kappa shape index (κ3) is 3.82. The first-order valence-electron chi connectivity index (χ1n) is 10.6. The van der Waals surface area contributed by atoms with Gasteiger partial charge in [0.15, 0.2) is 11.5 Å². The molecule has 0 radical (unpaired) electrons. The monoisotopic (exact) mass is 453 g/mol. The number of benzene rings is 2. The Morgan fingerprint density at radius 3 is 2.78 bits per heavy atom. The first-order chi connectivity index (χ1) is 15.6. The molecule has 1 N–H and O–H groups in total. The minimum atomic E-state index is -0.230. The van der Waals surface area contributed by atoms with Gasteiger partial charge < -0.3 is 19.5 Å². The zero-order valence-corrected chi connectivity index (χ0v) is 18.5. The molecule has 0 atom stereocenters. The molecule has 0 unspecified atom stereocenters. The summed E-state index contributed by atoms with van der Waals surface area (Å²) < 4.78 is 18.4. The van der Waals surface area contributed by atoms with E-state index in [-0.39, 0.29) is 18.1 Å². The maximum atomic E-state index is 13.1. The second-order valence-corrected chi connectivity index (χ2v) is 8.62. The number of hydrogen-bond donors (Lipinski definition) is 1. The topological polar surface area (TPSA) is 74.6 Å². The van der Waals surface area contributed by atoms with Gasteiger partial charge in [0.25, 0.3) is 5.91 Å². The quantitative estimate of drug-likeness (QED) is 0.631. The van der Waals surface area contributed by atoms with Gasteiger partial charge in [0, 0.05) is 30.2 Å². The summed E-state index contributed by atoms with van der Waals surface area (Å²) in [7, 11) is 0. The van der Waals surface area contributed by atoms with Gasteiger partial charge in [-0.3, -0.25) is 4.79 Å². The predicted octanol–water partition coefficient (Wildman–Crippen LogP) is 4.04. The van der Waals surface area contributed by atoms with Crippen molar-refractivity contribution in [2.24, 2.45) is 0 Å². The zero-order chi connectivity index (χ0) is 22.1. The normalized spacial score (nSPS) is 16.7. The third-order valence-electron chi connectivity index (χ3n) is 6.33. The van der Waals surface area contributed by atoms with Crippen LogP contribution in [-0.4, -0.2) is 42.2 Å². The molecule has 1 saturated heterocycles. The summed E-state index contributed by atoms with van der Waals surface area (Å²) >= 11 is 6.11. The largest absolute Gasteiger partial charge is 0.454 e. The van der Waals surface area contributed by atoms with Crippen molar-refractivity contribution in [3.05, 3.63) is 70.5 Å². The summed E-state index contributed by atoms with van der Waals surface area (Å²) in [5, 5.41) is 8.17. The Hall–Kier alpha value is -3.03. The second kappa shape index (κ2) is 8.48. The fraction of sp³-hybridized carbons (Fsp3) is 0.333. The Balaban J connectivity index is 1.37. The number of hydrogen-bond acceptors (Lipinski definition) is 5. The lowest BCUT2D eigenvalue weighted by Crippen LogP contribution is -2.44. The van der Waals surface area contributed by atoms with E-state index in [2.05, 4.69) is 16.5 Å². The van der Waals surface area contributed by atoms with E-state index in [0.717, 1.165) is 41.3 Å². The van der Waals surface area contributed by atoms with Crippen LogP contribution < -0.4 is 14.8 Å². The minimum Gasteiger partial charge on any atom is -0.454 e. The number of halogens is 1. The maximum absolute atomic E-state index is 13.1. The molecule has 166 valence electrons. The molecule has 1 aromatic heterocycles. The number of nitrogens with one attached hydrogen (secondary N) is 1. The Kier molecular flexibility index (Phi) is 5.53. The van der Waals surface area contributed by atoms with E-state index in [1.165, 1.54) is 0 Å². The van der Waals surface area contributed by atoms with Crippen molar-refractivity contribution in [1.29, 1.82) is 0 Å². The zero-order valence-electron chi connectivity index (χ0n) is 17.8. The Bertz CT molecular complexity index is 1150. The van der Waals surface area contributed by atoms with Gasteiger partial charge in [0.1, 0.15) is 0 Å². The number of carbonyl (C=O) groups is 1. The van der Waals surface area contributed by atoms with Crippen molar-refractivity contribution in [1.82, 2.24) is 15.1 Å². The van der Waals surface area contributed by atoms with E-state index >= 15 is 0 Å². The molecule has 3 heterocycles. The number of rotatable bonds is 5. The smallest absolute Gasteiger partial charge is 0.254 e. The first-order valence-corrected chi connectivity index (χ1v) is 11.0. The summed E-state index contributed by atoms with van der Waals surface area (Å²) in [5.41, 5.74) is 3.00. The van der Waals surface area contributed by atoms with Crippen LogP contribution >= 0.6 is 11.6 Å². The van der Waals surface area contributed by atoms with E-state index in [4.69, 9.17) is 25.8 Å². The fourth-order valence-electron chi connectivity index (χ4n) is 4.40. The van der Waals surface area contributed by atoms with E-state index < -0.39 is 0 Å². The Labute approximate surface area is 191 Å². The van der Waals surface area contributed by atoms with Gasteiger partial charge in [-0.25, -0.2) is 4.68 Å². The van der Waals surface area contributed by atoms with Crippen LogP contribution in [0.25, 0.3) is 5.69 Å². The highest BCUT2D eigenvalue weighted by Gasteiger charge is 2.36. The standard InChI is InChI=1S/C24H24ClN3O4/c1-16-20(13-27-28(16)19-4-2-3-18(25)12-19)23(29)26-14-24(7-9-30-10-8-24)17-5-6-21-22(11-17)32-15-31-21/h2-6,11-13H,7-10,14-15H2,1H3,(H,26,29). The molecule has 0 aliphatic carbocycles. The van der Waals surface area contributed by atoms with Gasteiger partial charge in [-0.05, 0) is 55.7 Å². The van der Waals surface area contributed by atoms with Gasteiger partial charge in [-0.15, -0.1) is 0 Å². The molecule has 1 amide bonds. The van der Waals surface area contributed by atoms with E-state index in [1.54, 1.807) is 16.9 Å². The summed E-state index contributed by atoms with van der Waals surface area (Å²) in [5.74, 6) is 1.35. The molecule has 0 saturated carbocycles. The third-order valence-corrected chi connectivity index (χ3v) is 6.56. The van der Waals surface area contributed by atoms with Crippen LogP contribution in [0.4, 0.5) is 0 Å². The van der Waals surface area contributed by atoms with Crippen molar-refractivity contribution in [2.75, 3.05) is 26.6 Å². The van der Waals surface area contributed by atoms with E-state index in [0.29, 0.717) is 30.3 Å². The lowest BCUT2D eigenvalue weighted by atomic mass is 9.74. The average Bonchev–Trinajstić information content (AvgIpc) is 3.44. The molecule has 7 nitrogen and oxygen atoms in total. The van der Waals surface area contributed by atoms with Crippen LogP contribution in [0.3, 0.4) is 0 Å². The van der Waals surface area contributed by atoms with Crippen LogP contribution in [0.1, 0.15) is 34.5 Å². The van der Waals surface area contributed by atoms with Gasteiger partial charge in [-0.2, -0.15) is 5.10 Å². The minimum absolute atomic E-state index is 0.151. The Morgan fingerprint density at radius 2 is 1.97 bits per heavy atom. The molecule has 5 rings (SSSR count). The second-order valence-electron chi connectivity index (χ2n) is 8.18. The van der Waals surface area contributed by atoms with Crippen molar-refractivity contribution in [3.63, 3.8) is 0 Å². The van der Waals surface area contributed by atoms with Crippen molar-refractivity contribution in [2.45, 2.75) is 25.2 Å². The number of aromatic nitrogens is 2. The molecule has 2 aromatic carbocycles. The highest BCUT2D eigenvalue weighted by molar-refractivity contribution is 6.30. The van der Waals surface area contributed by atoms with Crippen LogP contribution in [0.5, 0.6) is 11.5 Å². The Morgan fingerprint density at radius 1 is 1.16 bits per heavy atom. The van der Waals surface area contributed by atoms with E-state index in [1.807, 2.05) is 37.3 Å². The number of ether oxygens (including phenoxy) is 3. The summed E-state index contributed by atoms with van der Waals surface area (Å²) in [6.45, 7) is 3.91. The number of carbonyl (C=O) groups excluding carboxylic acids is 1. The van der Waals surface area contributed by atoms with Crippen LogP contribution in [0.2, 0.25) is 5.02 Å². The summed E-state index contributed by atoms with van der Waals surface area (Å²) in [6.07, 6.45) is 3.23. The van der Waals surface area contributed by atoms with Crippen molar-refractivity contribution >= 4 is 17.5 Å². The van der Waals surface area contributed by atoms with Gasteiger partial charge in [-0.1, -0.05) is 23.7 Å². The van der Waals surface area contributed by atoms with E-state index in [9.17, 15) is 4.79 Å². The maximum Gasteiger partial charge on any atom is 0.254 e. The summed E-state index contributed by atoms with van der Waals surface area (Å²) in [4.78, 5) is 13.1. The number of fused-ring (bicyclic) bond motifs is 1. The average molecular weight is 454 g/mol. The number of amides is 1. The van der Waals surface area contributed by atoms with Crippen molar-refractivity contribution in [3.8, 4) is 17.2 Å². The molecule has 1 fully saturated rings. The molecule has 3 aromatic rings. The molecule has 0 spiro atoms. The van der Waals surface area contributed by atoms with Crippen LogP contribution in [0, 0.1) is 6.92 Å². The lowest BCUT2D eigenvalue weighted by Gasteiger charge is -2.38. The SMILES string of the molecule is Cc1c(C(=O)NCC2(c3ccc4c(c3)OCO4)CCOCC2)cnn1-c1cccc(Cl)c1. The first kappa shape index (κ1) is 20.8. The summed E-state index contributed by atoms with van der Waals surface area (Å²) in [6, 6.07) is 13.4. The van der Waals surface area contributed by atoms with Crippen LogP contribution in [-0.2, 0) is 10.2 Å². The number of nitrogens with zero attached hydrogens (tertiary/aromatic N) is 2. The van der Waals surface area contributed by atoms with Gasteiger partial charge in [0.2, 0.25) is 6.79 Å². The molecule has 32 heavy (non-hydrogen) atoms. The highest BCUT2D eigenvalue weighted by Crippen LogP contribution is 2.40. The predicted molar refractivity (Wildman–Crippen MR) is 120 cm³/mol. The molecule has 0 bridgehead atoms. The van der Waals surface area contributed by atoms with Crippen molar-refractivity contribution < 1.29 is 19.0 Å².